The predicted octanol–water partition coefficient (Wildman–Crippen LogP) is 10.0. The number of aromatic nitrogens is 2. The Hall–Kier alpha value is -4.73. The van der Waals surface area contributed by atoms with Crippen molar-refractivity contribution in [3.05, 3.63) is 146 Å². The topological polar surface area (TPSA) is 9.86 Å². The molecule has 0 spiro atoms. The molecule has 8 aromatic rings. The van der Waals surface area contributed by atoms with Crippen LogP contribution in [0.25, 0.3) is 55.0 Å². The van der Waals surface area contributed by atoms with Crippen molar-refractivity contribution in [3.8, 4) is 11.4 Å². The maximum atomic E-state index is 2.42. The van der Waals surface area contributed by atoms with Crippen molar-refractivity contribution < 1.29 is 0 Å². The fourth-order valence-corrected chi connectivity index (χ4v) is 6.85. The van der Waals surface area contributed by atoms with Crippen LogP contribution in [-0.2, 0) is 0 Å². The minimum absolute atomic E-state index is 1.17. The molecule has 0 saturated carbocycles. The van der Waals surface area contributed by atoms with Gasteiger partial charge in [0.25, 0.3) is 0 Å². The fourth-order valence-electron chi connectivity index (χ4n) is 5.96. The molecule has 0 radical (unpaired) electrons. The smallest absolute Gasteiger partial charge is 0.0548 e. The molecule has 0 N–H and O–H groups in total. The van der Waals surface area contributed by atoms with E-state index in [0.29, 0.717) is 0 Å². The van der Waals surface area contributed by atoms with Gasteiger partial charge in [0.1, 0.15) is 0 Å². The number of fused-ring (bicyclic) bond motifs is 7. The first-order valence-electron chi connectivity index (χ1n) is 13.2. The summed E-state index contributed by atoms with van der Waals surface area (Å²) in [6.45, 7) is 0. The van der Waals surface area contributed by atoms with Crippen LogP contribution < -0.4 is 0 Å². The molecule has 8 rings (SSSR count). The highest BCUT2D eigenvalue weighted by atomic mass is 32.2. The first-order valence-corrected chi connectivity index (χ1v) is 14.0. The Balaban J connectivity index is 1.44. The quantitative estimate of drug-likeness (QED) is 0.226. The van der Waals surface area contributed by atoms with E-state index in [1.807, 2.05) is 0 Å². The van der Waals surface area contributed by atoms with Gasteiger partial charge in [-0.15, -0.1) is 0 Å². The van der Waals surface area contributed by atoms with E-state index in [1.54, 1.807) is 11.8 Å². The summed E-state index contributed by atoms with van der Waals surface area (Å²) < 4.78 is 4.82. The van der Waals surface area contributed by atoms with Gasteiger partial charge in [-0.2, -0.15) is 0 Å². The van der Waals surface area contributed by atoms with E-state index in [9.17, 15) is 0 Å². The first kappa shape index (κ1) is 22.3. The third kappa shape index (κ3) is 3.51. The van der Waals surface area contributed by atoms with Crippen LogP contribution in [-0.4, -0.2) is 9.13 Å². The van der Waals surface area contributed by atoms with Gasteiger partial charge in [-0.25, -0.2) is 0 Å². The summed E-state index contributed by atoms with van der Waals surface area (Å²) in [5.74, 6) is 0. The Labute approximate surface area is 230 Å². The van der Waals surface area contributed by atoms with Crippen molar-refractivity contribution >= 4 is 55.4 Å². The van der Waals surface area contributed by atoms with E-state index in [-0.39, 0.29) is 0 Å². The molecule has 0 aliphatic rings. The molecule has 184 valence electrons. The Morgan fingerprint density at radius 1 is 0.359 bits per heavy atom. The van der Waals surface area contributed by atoms with Crippen molar-refractivity contribution in [3.63, 3.8) is 0 Å². The van der Waals surface area contributed by atoms with Gasteiger partial charge < -0.3 is 9.13 Å². The van der Waals surface area contributed by atoms with Gasteiger partial charge in [-0.3, -0.25) is 0 Å². The lowest BCUT2D eigenvalue weighted by Crippen LogP contribution is -1.95. The highest BCUT2D eigenvalue weighted by Gasteiger charge is 2.20. The van der Waals surface area contributed by atoms with Crippen LogP contribution in [0.1, 0.15) is 0 Å². The SMILES string of the molecule is c1ccc(Sc2cccc(-n3c4ccccc4c4c5c6ccccc6n(-c6ccccc6)c5ccc43)c2)cc1. The molecular weight excluding hydrogens is 492 g/mol. The molecule has 2 aromatic heterocycles. The number of hydrogen-bond acceptors (Lipinski definition) is 1. The average Bonchev–Trinajstić information content (AvgIpc) is 3.51. The minimum atomic E-state index is 1.17. The van der Waals surface area contributed by atoms with Crippen molar-refractivity contribution in [1.82, 2.24) is 9.13 Å². The third-order valence-electron chi connectivity index (χ3n) is 7.54. The zero-order valence-corrected chi connectivity index (χ0v) is 22.0. The largest absolute Gasteiger partial charge is 0.309 e. The second-order valence-corrected chi connectivity index (χ2v) is 11.0. The van der Waals surface area contributed by atoms with E-state index in [4.69, 9.17) is 0 Å². The van der Waals surface area contributed by atoms with Gasteiger partial charge in [0, 0.05) is 42.7 Å². The molecule has 6 aromatic carbocycles. The minimum Gasteiger partial charge on any atom is -0.309 e. The molecule has 0 aliphatic heterocycles. The normalized spacial score (nSPS) is 11.7. The van der Waals surface area contributed by atoms with Crippen LogP contribution in [0.15, 0.2) is 155 Å². The summed E-state index contributed by atoms with van der Waals surface area (Å²) in [5.41, 5.74) is 7.25. The van der Waals surface area contributed by atoms with Gasteiger partial charge in [-0.05, 0) is 66.7 Å². The number of rotatable bonds is 4. The molecule has 39 heavy (non-hydrogen) atoms. The number of hydrogen-bond donors (Lipinski definition) is 0. The molecule has 0 saturated heterocycles. The zero-order valence-electron chi connectivity index (χ0n) is 21.2. The molecule has 0 unspecified atom stereocenters. The van der Waals surface area contributed by atoms with E-state index in [1.165, 1.54) is 64.8 Å². The summed E-state index contributed by atoms with van der Waals surface area (Å²) in [5, 5.41) is 5.15. The zero-order chi connectivity index (χ0) is 25.8. The number of para-hydroxylation sites is 3. The summed E-state index contributed by atoms with van der Waals surface area (Å²) in [6, 6.07) is 52.3. The molecule has 3 heteroatoms. The Morgan fingerprint density at radius 2 is 0.846 bits per heavy atom. The Bertz CT molecular complexity index is 2140. The second kappa shape index (κ2) is 8.93. The molecule has 0 bridgehead atoms. The Kier molecular flexibility index (Phi) is 5.10. The Morgan fingerprint density at radius 3 is 1.49 bits per heavy atom. The van der Waals surface area contributed by atoms with Crippen LogP contribution in [0.2, 0.25) is 0 Å². The van der Waals surface area contributed by atoms with Gasteiger partial charge in [0.15, 0.2) is 0 Å². The monoisotopic (exact) mass is 516 g/mol. The molecule has 0 atom stereocenters. The lowest BCUT2D eigenvalue weighted by atomic mass is 10.1. The van der Waals surface area contributed by atoms with E-state index in [0.717, 1.165) is 0 Å². The molecule has 2 nitrogen and oxygen atoms in total. The molecule has 0 fully saturated rings. The number of benzene rings is 6. The van der Waals surface area contributed by atoms with Crippen molar-refractivity contribution in [2.45, 2.75) is 9.79 Å². The predicted molar refractivity (Wildman–Crippen MR) is 166 cm³/mol. The lowest BCUT2D eigenvalue weighted by Gasteiger charge is -2.10. The van der Waals surface area contributed by atoms with Gasteiger partial charge in [0.2, 0.25) is 0 Å². The maximum absolute atomic E-state index is 2.42. The highest BCUT2D eigenvalue weighted by Crippen LogP contribution is 2.42. The maximum Gasteiger partial charge on any atom is 0.0548 e. The third-order valence-corrected chi connectivity index (χ3v) is 8.54. The van der Waals surface area contributed by atoms with Gasteiger partial charge in [0.05, 0.1) is 22.1 Å². The molecule has 0 aliphatic carbocycles. The average molecular weight is 517 g/mol. The van der Waals surface area contributed by atoms with Crippen molar-refractivity contribution in [1.29, 1.82) is 0 Å². The van der Waals surface area contributed by atoms with E-state index < -0.39 is 0 Å². The standard InChI is InChI=1S/C36H24N2S/c1-3-12-25(13-4-1)37-31-20-9-7-18-29(31)35-33(37)22-23-34-36(35)30-19-8-10-21-32(30)38(34)26-14-11-17-28(24-26)39-27-15-5-2-6-16-27/h1-24H. The van der Waals surface area contributed by atoms with Crippen molar-refractivity contribution in [2.75, 3.05) is 0 Å². The van der Waals surface area contributed by atoms with Crippen LogP contribution in [0, 0.1) is 0 Å². The summed E-state index contributed by atoms with van der Waals surface area (Å²) in [6.07, 6.45) is 0. The summed E-state index contributed by atoms with van der Waals surface area (Å²) >= 11 is 1.80. The lowest BCUT2D eigenvalue weighted by molar-refractivity contribution is 1.16. The molecular formula is C36H24N2S. The molecule has 0 amide bonds. The first-order chi connectivity index (χ1) is 19.4. The van der Waals surface area contributed by atoms with Crippen LogP contribution in [0.4, 0.5) is 0 Å². The van der Waals surface area contributed by atoms with Gasteiger partial charge >= 0.3 is 0 Å². The fraction of sp³-hybridized carbons (Fsp3) is 0. The van der Waals surface area contributed by atoms with Crippen LogP contribution in [0.3, 0.4) is 0 Å². The summed E-state index contributed by atoms with van der Waals surface area (Å²) in [4.78, 5) is 2.47. The molecule has 2 heterocycles. The second-order valence-electron chi connectivity index (χ2n) is 9.81. The van der Waals surface area contributed by atoms with Crippen molar-refractivity contribution in [2.24, 2.45) is 0 Å². The number of nitrogens with zero attached hydrogens (tertiary/aromatic N) is 2. The van der Waals surface area contributed by atoms with Crippen LogP contribution in [0.5, 0.6) is 0 Å². The van der Waals surface area contributed by atoms with Crippen LogP contribution >= 0.6 is 11.8 Å². The highest BCUT2D eigenvalue weighted by molar-refractivity contribution is 7.99. The van der Waals surface area contributed by atoms with Gasteiger partial charge in [-0.1, -0.05) is 90.6 Å². The summed E-state index contributed by atoms with van der Waals surface area (Å²) in [7, 11) is 0. The van der Waals surface area contributed by atoms with E-state index in [2.05, 4.69) is 155 Å². The van der Waals surface area contributed by atoms with E-state index >= 15 is 0 Å².